The number of aryl methyl sites for hydroxylation is 2. The van der Waals surface area contributed by atoms with E-state index in [4.69, 9.17) is 0 Å². The van der Waals surface area contributed by atoms with Gasteiger partial charge in [0.05, 0.1) is 0 Å². The van der Waals surface area contributed by atoms with Crippen molar-refractivity contribution in [2.24, 2.45) is 0 Å². The number of carbonyl (C=O) groups excluding carboxylic acids is 2. The number of piperidine rings is 1. The van der Waals surface area contributed by atoms with Crippen molar-refractivity contribution in [2.75, 3.05) is 13.1 Å². The van der Waals surface area contributed by atoms with Crippen molar-refractivity contribution in [1.82, 2.24) is 14.8 Å². The van der Waals surface area contributed by atoms with Gasteiger partial charge in [-0.1, -0.05) is 23.3 Å². The smallest absolute Gasteiger partial charge is 0.253 e. The third-order valence-corrected chi connectivity index (χ3v) is 5.07. The van der Waals surface area contributed by atoms with E-state index in [9.17, 15) is 9.59 Å². The van der Waals surface area contributed by atoms with E-state index in [0.717, 1.165) is 41.6 Å². The van der Waals surface area contributed by atoms with Crippen molar-refractivity contribution in [3.63, 3.8) is 0 Å². The van der Waals surface area contributed by atoms with Crippen molar-refractivity contribution in [3.8, 4) is 0 Å². The van der Waals surface area contributed by atoms with Gasteiger partial charge in [-0.05, 0) is 50.5 Å². The van der Waals surface area contributed by atoms with Crippen LogP contribution in [0.5, 0.6) is 0 Å². The van der Waals surface area contributed by atoms with Crippen LogP contribution in [0, 0.1) is 13.8 Å². The van der Waals surface area contributed by atoms with Gasteiger partial charge in [-0.15, -0.1) is 0 Å². The van der Waals surface area contributed by atoms with Gasteiger partial charge in [-0.25, -0.2) is 0 Å². The van der Waals surface area contributed by atoms with Crippen molar-refractivity contribution in [2.45, 2.75) is 46.2 Å². The molecule has 2 aromatic rings. The van der Waals surface area contributed by atoms with Crippen molar-refractivity contribution in [3.05, 3.63) is 65.0 Å². The number of benzene rings is 1. The first-order valence-electron chi connectivity index (χ1n) is 9.47. The fourth-order valence-electron chi connectivity index (χ4n) is 3.86. The lowest BCUT2D eigenvalue weighted by atomic mass is 10.0. The number of amides is 2. The van der Waals surface area contributed by atoms with Crippen LogP contribution in [0.2, 0.25) is 0 Å². The highest BCUT2D eigenvalue weighted by Gasteiger charge is 2.30. The highest BCUT2D eigenvalue weighted by atomic mass is 16.2. The molecule has 1 fully saturated rings. The first-order valence-corrected chi connectivity index (χ1v) is 9.47. The van der Waals surface area contributed by atoms with Gasteiger partial charge in [0.1, 0.15) is 0 Å². The Morgan fingerprint density at radius 1 is 1.22 bits per heavy atom. The molecule has 5 nitrogen and oxygen atoms in total. The fourth-order valence-corrected chi connectivity index (χ4v) is 3.86. The predicted molar refractivity (Wildman–Crippen MR) is 105 cm³/mol. The summed E-state index contributed by atoms with van der Waals surface area (Å²) in [6.45, 7) is 7.45. The zero-order valence-corrected chi connectivity index (χ0v) is 16.3. The third kappa shape index (κ3) is 4.73. The van der Waals surface area contributed by atoms with Crippen LogP contribution in [0.15, 0.2) is 42.7 Å². The van der Waals surface area contributed by atoms with Crippen LogP contribution in [0.25, 0.3) is 0 Å². The number of nitrogens with zero attached hydrogens (tertiary/aromatic N) is 3. The van der Waals surface area contributed by atoms with Crippen LogP contribution in [0.1, 0.15) is 46.8 Å². The highest BCUT2D eigenvalue weighted by Crippen LogP contribution is 2.21. The van der Waals surface area contributed by atoms with E-state index in [1.165, 1.54) is 0 Å². The minimum Gasteiger partial charge on any atom is -0.337 e. The Bertz CT molecular complexity index is 799. The van der Waals surface area contributed by atoms with Gasteiger partial charge in [-0.3, -0.25) is 14.6 Å². The lowest BCUT2D eigenvalue weighted by Gasteiger charge is -2.39. The summed E-state index contributed by atoms with van der Waals surface area (Å²) < 4.78 is 0. The lowest BCUT2D eigenvalue weighted by Crippen LogP contribution is -2.51. The Balaban J connectivity index is 1.75. The number of pyridine rings is 1. The summed E-state index contributed by atoms with van der Waals surface area (Å²) in [5, 5.41) is 0. The molecule has 1 saturated heterocycles. The Hall–Kier alpha value is -2.69. The van der Waals surface area contributed by atoms with Crippen LogP contribution < -0.4 is 0 Å². The van der Waals surface area contributed by atoms with Crippen LogP contribution >= 0.6 is 0 Å². The highest BCUT2D eigenvalue weighted by molar-refractivity contribution is 5.94. The molecule has 1 aliphatic heterocycles. The molecule has 142 valence electrons. The number of rotatable bonds is 4. The summed E-state index contributed by atoms with van der Waals surface area (Å²) in [6.07, 6.45) is 5.33. The summed E-state index contributed by atoms with van der Waals surface area (Å²) >= 11 is 0. The molecular weight excluding hydrogens is 338 g/mol. The average molecular weight is 365 g/mol. The van der Waals surface area contributed by atoms with Gasteiger partial charge in [0, 0.05) is 50.6 Å². The lowest BCUT2D eigenvalue weighted by molar-refractivity contribution is -0.132. The summed E-state index contributed by atoms with van der Waals surface area (Å²) in [5.74, 6) is 0.0842. The van der Waals surface area contributed by atoms with E-state index < -0.39 is 0 Å². The molecule has 2 heterocycles. The summed E-state index contributed by atoms with van der Waals surface area (Å²) in [7, 11) is 0. The zero-order chi connectivity index (χ0) is 19.4. The summed E-state index contributed by atoms with van der Waals surface area (Å²) in [5.41, 5.74) is 3.92. The fraction of sp³-hybridized carbons (Fsp3) is 0.409. The Morgan fingerprint density at radius 2 is 1.96 bits per heavy atom. The largest absolute Gasteiger partial charge is 0.337 e. The molecule has 1 aromatic carbocycles. The summed E-state index contributed by atoms with van der Waals surface area (Å²) in [4.78, 5) is 33.2. The van der Waals surface area contributed by atoms with E-state index >= 15 is 0 Å². The maximum Gasteiger partial charge on any atom is 0.253 e. The molecule has 3 rings (SSSR count). The number of carbonyl (C=O) groups is 2. The van der Waals surface area contributed by atoms with Gasteiger partial charge in [0.15, 0.2) is 0 Å². The topological polar surface area (TPSA) is 53.5 Å². The molecule has 0 spiro atoms. The maximum atomic E-state index is 13.0. The van der Waals surface area contributed by atoms with Gasteiger partial charge < -0.3 is 9.80 Å². The Kier molecular flexibility index (Phi) is 5.89. The maximum absolute atomic E-state index is 13.0. The van der Waals surface area contributed by atoms with Gasteiger partial charge in [-0.2, -0.15) is 0 Å². The molecular formula is C22H27N3O2. The first kappa shape index (κ1) is 19.1. The van der Waals surface area contributed by atoms with Crippen LogP contribution in [-0.2, 0) is 11.3 Å². The molecule has 0 bridgehead atoms. The third-order valence-electron chi connectivity index (χ3n) is 5.07. The van der Waals surface area contributed by atoms with Gasteiger partial charge in [0.25, 0.3) is 5.91 Å². The van der Waals surface area contributed by atoms with E-state index in [0.29, 0.717) is 13.1 Å². The number of likely N-dealkylation sites (tertiary alicyclic amines) is 1. The van der Waals surface area contributed by atoms with E-state index in [1.807, 2.05) is 47.9 Å². The SMILES string of the molecule is CC(=O)N(Cc1cccnc1)C1CCCN(C(=O)c2cc(C)cc(C)c2)C1. The van der Waals surface area contributed by atoms with Crippen molar-refractivity contribution >= 4 is 11.8 Å². The quantitative estimate of drug-likeness (QED) is 0.835. The Labute approximate surface area is 161 Å². The monoisotopic (exact) mass is 365 g/mol. The van der Waals surface area contributed by atoms with Crippen molar-refractivity contribution < 1.29 is 9.59 Å². The standard InChI is InChI=1S/C22H27N3O2/c1-16-10-17(2)12-20(11-16)22(27)24-9-5-7-21(15-24)25(18(3)26)14-19-6-4-8-23-13-19/h4,6,8,10-13,21H,5,7,9,14-15H2,1-3H3. The van der Waals surface area contributed by atoms with Gasteiger partial charge >= 0.3 is 0 Å². The molecule has 2 amide bonds. The molecule has 1 aliphatic rings. The number of aromatic nitrogens is 1. The molecule has 0 saturated carbocycles. The second-order valence-corrected chi connectivity index (χ2v) is 7.43. The number of hydrogen-bond donors (Lipinski definition) is 0. The van der Waals surface area contributed by atoms with Crippen LogP contribution in [-0.4, -0.2) is 45.7 Å². The summed E-state index contributed by atoms with van der Waals surface area (Å²) in [6, 6.07) is 9.84. The van der Waals surface area contributed by atoms with E-state index in [2.05, 4.69) is 11.1 Å². The normalized spacial score (nSPS) is 16.9. The second-order valence-electron chi connectivity index (χ2n) is 7.43. The predicted octanol–water partition coefficient (Wildman–Crippen LogP) is 3.35. The van der Waals surface area contributed by atoms with E-state index in [-0.39, 0.29) is 17.9 Å². The molecule has 1 unspecified atom stereocenters. The second kappa shape index (κ2) is 8.33. The first-order chi connectivity index (χ1) is 12.9. The van der Waals surface area contributed by atoms with Crippen LogP contribution in [0.3, 0.4) is 0 Å². The van der Waals surface area contributed by atoms with E-state index in [1.54, 1.807) is 19.3 Å². The number of hydrogen-bond acceptors (Lipinski definition) is 3. The van der Waals surface area contributed by atoms with Crippen molar-refractivity contribution in [1.29, 1.82) is 0 Å². The molecule has 1 atom stereocenters. The zero-order valence-electron chi connectivity index (χ0n) is 16.3. The van der Waals surface area contributed by atoms with Crippen LogP contribution in [0.4, 0.5) is 0 Å². The minimum atomic E-state index is 0.0320. The Morgan fingerprint density at radius 3 is 2.59 bits per heavy atom. The minimum absolute atomic E-state index is 0.0320. The molecule has 0 aliphatic carbocycles. The molecule has 5 heteroatoms. The van der Waals surface area contributed by atoms with Gasteiger partial charge in [0.2, 0.25) is 5.91 Å². The molecule has 0 N–H and O–H groups in total. The molecule has 1 aromatic heterocycles. The molecule has 27 heavy (non-hydrogen) atoms. The average Bonchev–Trinajstić information content (AvgIpc) is 2.65. The molecule has 0 radical (unpaired) electrons.